The number of benzene rings is 2. The number of carbonyl (C=O) groups is 1. The van der Waals surface area contributed by atoms with Gasteiger partial charge in [-0.25, -0.2) is 4.79 Å². The minimum Gasteiger partial charge on any atom is -0.495 e. The first-order valence-corrected chi connectivity index (χ1v) is 8.43. The molecule has 0 saturated carbocycles. The quantitative estimate of drug-likeness (QED) is 0.932. The summed E-state index contributed by atoms with van der Waals surface area (Å²) in [6.45, 7) is 2.94. The molecule has 0 spiro atoms. The van der Waals surface area contributed by atoms with Crippen molar-refractivity contribution >= 4 is 17.8 Å². The molecular formula is C20H23N3O2. The van der Waals surface area contributed by atoms with Gasteiger partial charge in [-0.2, -0.15) is 0 Å². The number of rotatable bonds is 4. The van der Waals surface area contributed by atoms with Crippen molar-refractivity contribution in [3.8, 4) is 5.75 Å². The van der Waals surface area contributed by atoms with Crippen LogP contribution >= 0.6 is 0 Å². The number of piperazine rings is 1. The summed E-state index contributed by atoms with van der Waals surface area (Å²) in [6, 6.07) is 17.8. The fourth-order valence-corrected chi connectivity index (χ4v) is 2.91. The van der Waals surface area contributed by atoms with Crippen LogP contribution in [-0.2, 0) is 0 Å². The maximum absolute atomic E-state index is 12.3. The SMILES string of the molecule is COc1ccccc1N1CCN(C(=O)N/C=C/c2ccccc2)CC1. The van der Waals surface area contributed by atoms with Crippen molar-refractivity contribution in [3.63, 3.8) is 0 Å². The molecule has 0 radical (unpaired) electrons. The number of urea groups is 1. The van der Waals surface area contributed by atoms with E-state index in [1.807, 2.05) is 59.5 Å². The monoisotopic (exact) mass is 337 g/mol. The van der Waals surface area contributed by atoms with Gasteiger partial charge < -0.3 is 19.9 Å². The van der Waals surface area contributed by atoms with Gasteiger partial charge in [-0.15, -0.1) is 0 Å². The molecular weight excluding hydrogens is 314 g/mol. The summed E-state index contributed by atoms with van der Waals surface area (Å²) in [7, 11) is 1.68. The standard InChI is InChI=1S/C20H23N3O2/c1-25-19-10-6-5-9-18(19)22-13-15-23(16-14-22)20(24)21-12-11-17-7-3-2-4-8-17/h2-12H,13-16H2,1H3,(H,21,24)/b12-11+. The highest BCUT2D eigenvalue weighted by Gasteiger charge is 2.22. The number of anilines is 1. The minimum atomic E-state index is -0.0631. The summed E-state index contributed by atoms with van der Waals surface area (Å²) in [4.78, 5) is 16.4. The lowest BCUT2D eigenvalue weighted by atomic mass is 10.2. The van der Waals surface area contributed by atoms with Crippen LogP contribution in [0.5, 0.6) is 5.75 Å². The third-order valence-corrected chi connectivity index (χ3v) is 4.27. The molecule has 0 unspecified atom stereocenters. The zero-order valence-electron chi connectivity index (χ0n) is 14.4. The fourth-order valence-electron chi connectivity index (χ4n) is 2.91. The fraction of sp³-hybridized carbons (Fsp3) is 0.250. The topological polar surface area (TPSA) is 44.8 Å². The molecule has 3 rings (SSSR count). The lowest BCUT2D eigenvalue weighted by molar-refractivity contribution is 0.198. The Morgan fingerprint density at radius 2 is 1.68 bits per heavy atom. The average molecular weight is 337 g/mol. The van der Waals surface area contributed by atoms with E-state index < -0.39 is 0 Å². The average Bonchev–Trinajstić information content (AvgIpc) is 2.69. The molecule has 1 saturated heterocycles. The Hall–Kier alpha value is -2.95. The van der Waals surface area contributed by atoms with Gasteiger partial charge >= 0.3 is 6.03 Å². The number of carbonyl (C=O) groups excluding carboxylic acids is 1. The molecule has 1 aliphatic rings. The lowest BCUT2D eigenvalue weighted by Gasteiger charge is -2.36. The summed E-state index contributed by atoms with van der Waals surface area (Å²) in [5.41, 5.74) is 2.14. The number of hydrogen-bond donors (Lipinski definition) is 1. The van der Waals surface area contributed by atoms with Crippen LogP contribution in [0.2, 0.25) is 0 Å². The highest BCUT2D eigenvalue weighted by atomic mass is 16.5. The largest absolute Gasteiger partial charge is 0.495 e. The van der Waals surface area contributed by atoms with Crippen molar-refractivity contribution in [2.24, 2.45) is 0 Å². The van der Waals surface area contributed by atoms with E-state index in [0.717, 1.165) is 30.1 Å². The van der Waals surface area contributed by atoms with Gasteiger partial charge in [-0.1, -0.05) is 42.5 Å². The Morgan fingerprint density at radius 1 is 1.00 bits per heavy atom. The van der Waals surface area contributed by atoms with Crippen molar-refractivity contribution in [2.75, 3.05) is 38.2 Å². The normalized spacial score (nSPS) is 14.6. The number of ether oxygens (including phenoxy) is 1. The van der Waals surface area contributed by atoms with Gasteiger partial charge in [0.1, 0.15) is 5.75 Å². The summed E-state index contributed by atoms with van der Waals surface area (Å²) >= 11 is 0. The Bertz CT molecular complexity index is 723. The lowest BCUT2D eigenvalue weighted by Crippen LogP contribution is -2.51. The van der Waals surface area contributed by atoms with Crippen LogP contribution < -0.4 is 15.0 Å². The molecule has 1 heterocycles. The van der Waals surface area contributed by atoms with Crippen molar-refractivity contribution in [1.29, 1.82) is 0 Å². The van der Waals surface area contributed by atoms with Crippen LogP contribution in [0, 0.1) is 0 Å². The molecule has 5 heteroatoms. The first kappa shape index (κ1) is 16.9. The molecule has 0 aromatic heterocycles. The van der Waals surface area contributed by atoms with Crippen LogP contribution in [0.3, 0.4) is 0 Å². The minimum absolute atomic E-state index is 0.0631. The molecule has 2 aromatic carbocycles. The summed E-state index contributed by atoms with van der Waals surface area (Å²) in [5.74, 6) is 0.867. The Kier molecular flexibility index (Phi) is 5.57. The van der Waals surface area contributed by atoms with Crippen LogP contribution in [-0.4, -0.2) is 44.2 Å². The second kappa shape index (κ2) is 8.24. The van der Waals surface area contributed by atoms with E-state index in [1.165, 1.54) is 0 Å². The van der Waals surface area contributed by atoms with E-state index in [1.54, 1.807) is 13.3 Å². The van der Waals surface area contributed by atoms with Crippen molar-refractivity contribution in [2.45, 2.75) is 0 Å². The van der Waals surface area contributed by atoms with E-state index in [4.69, 9.17) is 4.74 Å². The van der Waals surface area contributed by atoms with Gasteiger partial charge in [0, 0.05) is 32.4 Å². The number of para-hydroxylation sites is 2. The molecule has 1 aliphatic heterocycles. The molecule has 1 fully saturated rings. The Balaban J connectivity index is 1.52. The molecule has 1 N–H and O–H groups in total. The van der Waals surface area contributed by atoms with E-state index in [-0.39, 0.29) is 6.03 Å². The first-order valence-electron chi connectivity index (χ1n) is 8.43. The van der Waals surface area contributed by atoms with E-state index >= 15 is 0 Å². The number of nitrogens with one attached hydrogen (secondary N) is 1. The summed E-state index contributed by atoms with van der Waals surface area (Å²) < 4.78 is 5.42. The second-order valence-electron chi connectivity index (χ2n) is 5.84. The predicted octanol–water partition coefficient (Wildman–Crippen LogP) is 3.20. The number of methoxy groups -OCH3 is 1. The molecule has 25 heavy (non-hydrogen) atoms. The number of nitrogens with zero attached hydrogens (tertiary/aromatic N) is 2. The smallest absolute Gasteiger partial charge is 0.321 e. The van der Waals surface area contributed by atoms with E-state index in [2.05, 4.69) is 16.3 Å². The molecule has 2 amide bonds. The first-order chi connectivity index (χ1) is 12.3. The van der Waals surface area contributed by atoms with Crippen LogP contribution in [0.15, 0.2) is 60.8 Å². The maximum Gasteiger partial charge on any atom is 0.321 e. The van der Waals surface area contributed by atoms with Crippen LogP contribution in [0.25, 0.3) is 6.08 Å². The van der Waals surface area contributed by atoms with Crippen LogP contribution in [0.4, 0.5) is 10.5 Å². The Labute approximate surface area is 148 Å². The zero-order chi connectivity index (χ0) is 17.5. The van der Waals surface area contributed by atoms with Gasteiger partial charge in [0.05, 0.1) is 12.8 Å². The Morgan fingerprint density at radius 3 is 2.40 bits per heavy atom. The molecule has 2 aromatic rings. The van der Waals surface area contributed by atoms with Gasteiger partial charge in [-0.05, 0) is 23.8 Å². The maximum atomic E-state index is 12.3. The third-order valence-electron chi connectivity index (χ3n) is 4.27. The summed E-state index contributed by atoms with van der Waals surface area (Å²) in [6.07, 6.45) is 3.59. The molecule has 0 bridgehead atoms. The molecule has 5 nitrogen and oxygen atoms in total. The third kappa shape index (κ3) is 4.32. The van der Waals surface area contributed by atoms with Gasteiger partial charge in [-0.3, -0.25) is 0 Å². The van der Waals surface area contributed by atoms with Crippen molar-refractivity contribution in [3.05, 3.63) is 66.4 Å². The zero-order valence-corrected chi connectivity index (χ0v) is 14.4. The highest BCUT2D eigenvalue weighted by Crippen LogP contribution is 2.28. The van der Waals surface area contributed by atoms with E-state index in [9.17, 15) is 4.79 Å². The van der Waals surface area contributed by atoms with Gasteiger partial charge in [0.15, 0.2) is 0 Å². The molecule has 0 aliphatic carbocycles. The van der Waals surface area contributed by atoms with Crippen molar-refractivity contribution in [1.82, 2.24) is 10.2 Å². The molecule has 130 valence electrons. The molecule has 0 atom stereocenters. The van der Waals surface area contributed by atoms with Gasteiger partial charge in [0.2, 0.25) is 0 Å². The predicted molar refractivity (Wildman–Crippen MR) is 101 cm³/mol. The second-order valence-corrected chi connectivity index (χ2v) is 5.84. The van der Waals surface area contributed by atoms with Crippen molar-refractivity contribution < 1.29 is 9.53 Å². The van der Waals surface area contributed by atoms with Crippen LogP contribution in [0.1, 0.15) is 5.56 Å². The van der Waals surface area contributed by atoms with Gasteiger partial charge in [0.25, 0.3) is 0 Å². The van der Waals surface area contributed by atoms with E-state index in [0.29, 0.717) is 13.1 Å². The number of hydrogen-bond acceptors (Lipinski definition) is 3. The summed E-state index contributed by atoms with van der Waals surface area (Å²) in [5, 5.41) is 2.84. The number of amides is 2. The highest BCUT2D eigenvalue weighted by molar-refractivity contribution is 5.76.